The average Bonchev–Trinajstić information content (AvgIpc) is 2.28. The Morgan fingerprint density at radius 1 is 0.933 bits per heavy atom. The molecular formula is C14H28O. The number of ether oxygens (including phenoxy) is 1. The largest absolute Gasteiger partial charge is 0.378 e. The molecule has 0 spiro atoms. The van der Waals surface area contributed by atoms with Gasteiger partial charge in [0.1, 0.15) is 0 Å². The molecule has 1 aliphatic rings. The van der Waals surface area contributed by atoms with Crippen LogP contribution in [0.2, 0.25) is 0 Å². The van der Waals surface area contributed by atoms with E-state index in [0.29, 0.717) is 6.10 Å². The predicted octanol–water partition coefficient (Wildman–Crippen LogP) is 4.26. The third-order valence-electron chi connectivity index (χ3n) is 4.20. The van der Waals surface area contributed by atoms with Crippen LogP contribution in [0, 0.1) is 17.8 Å². The second-order valence-electron chi connectivity index (χ2n) is 4.97. The van der Waals surface area contributed by atoms with Gasteiger partial charge in [-0.25, -0.2) is 0 Å². The molecule has 0 aromatic carbocycles. The number of hydrogen-bond acceptors (Lipinski definition) is 1. The Morgan fingerprint density at radius 3 is 2.07 bits per heavy atom. The topological polar surface area (TPSA) is 9.23 Å². The Bertz CT molecular complexity index is 167. The molecule has 4 unspecified atom stereocenters. The van der Waals surface area contributed by atoms with Crippen LogP contribution in [-0.4, -0.2) is 12.7 Å². The van der Waals surface area contributed by atoms with Crippen molar-refractivity contribution in [2.75, 3.05) is 6.61 Å². The van der Waals surface area contributed by atoms with Gasteiger partial charge in [-0.3, -0.25) is 0 Å². The smallest absolute Gasteiger partial charge is 0.0606 e. The molecule has 0 aliphatic carbocycles. The molecule has 0 amide bonds. The van der Waals surface area contributed by atoms with Crippen molar-refractivity contribution in [2.45, 2.75) is 65.9 Å². The van der Waals surface area contributed by atoms with Crippen molar-refractivity contribution in [1.29, 1.82) is 0 Å². The van der Waals surface area contributed by atoms with Crippen molar-refractivity contribution < 1.29 is 4.74 Å². The second kappa shape index (κ2) is 6.52. The molecule has 0 radical (unpaired) electrons. The van der Waals surface area contributed by atoms with Crippen LogP contribution in [-0.2, 0) is 4.74 Å². The van der Waals surface area contributed by atoms with Crippen LogP contribution in [0.1, 0.15) is 59.8 Å². The molecule has 15 heavy (non-hydrogen) atoms. The van der Waals surface area contributed by atoms with Crippen LogP contribution in [0.15, 0.2) is 0 Å². The van der Waals surface area contributed by atoms with Crippen molar-refractivity contribution >= 4 is 0 Å². The lowest BCUT2D eigenvalue weighted by Crippen LogP contribution is -2.41. The van der Waals surface area contributed by atoms with Crippen molar-refractivity contribution in [3.63, 3.8) is 0 Å². The van der Waals surface area contributed by atoms with Crippen LogP contribution in [0.4, 0.5) is 0 Å². The summed E-state index contributed by atoms with van der Waals surface area (Å²) < 4.78 is 6.06. The summed E-state index contributed by atoms with van der Waals surface area (Å²) >= 11 is 0. The molecule has 0 N–H and O–H groups in total. The minimum atomic E-state index is 0.549. The van der Waals surface area contributed by atoms with E-state index in [2.05, 4.69) is 27.7 Å². The zero-order chi connectivity index (χ0) is 11.3. The Hall–Kier alpha value is -0.0400. The maximum atomic E-state index is 6.06. The highest BCUT2D eigenvalue weighted by Gasteiger charge is 2.36. The first-order valence-corrected chi connectivity index (χ1v) is 6.89. The fourth-order valence-corrected chi connectivity index (χ4v) is 3.32. The van der Waals surface area contributed by atoms with E-state index in [-0.39, 0.29) is 0 Å². The predicted molar refractivity (Wildman–Crippen MR) is 66.0 cm³/mol. The highest BCUT2D eigenvalue weighted by molar-refractivity contribution is 4.84. The minimum Gasteiger partial charge on any atom is -0.378 e. The first-order chi connectivity index (χ1) is 7.28. The number of hydrogen-bond donors (Lipinski definition) is 0. The molecule has 1 aliphatic heterocycles. The lowest BCUT2D eigenvalue weighted by atomic mass is 9.72. The summed E-state index contributed by atoms with van der Waals surface area (Å²) in [5.41, 5.74) is 0. The molecule has 1 saturated heterocycles. The maximum Gasteiger partial charge on any atom is 0.0606 e. The van der Waals surface area contributed by atoms with Gasteiger partial charge in [0.05, 0.1) is 12.7 Å². The summed E-state index contributed by atoms with van der Waals surface area (Å²) in [6, 6.07) is 0. The van der Waals surface area contributed by atoms with Gasteiger partial charge in [-0.1, -0.05) is 53.4 Å². The van der Waals surface area contributed by atoms with Gasteiger partial charge < -0.3 is 4.74 Å². The highest BCUT2D eigenvalue weighted by atomic mass is 16.5. The molecule has 4 atom stereocenters. The summed E-state index contributed by atoms with van der Waals surface area (Å²) in [7, 11) is 0. The zero-order valence-electron chi connectivity index (χ0n) is 11.0. The quantitative estimate of drug-likeness (QED) is 0.661. The van der Waals surface area contributed by atoms with Crippen molar-refractivity contribution in [3.05, 3.63) is 0 Å². The first-order valence-electron chi connectivity index (χ1n) is 6.89. The third kappa shape index (κ3) is 2.96. The van der Waals surface area contributed by atoms with Gasteiger partial charge in [-0.15, -0.1) is 0 Å². The summed E-state index contributed by atoms with van der Waals surface area (Å²) in [5, 5.41) is 0. The first kappa shape index (κ1) is 13.0. The summed E-state index contributed by atoms with van der Waals surface area (Å²) in [6.07, 6.45) is 6.97. The normalized spacial score (nSPS) is 36.8. The Balaban J connectivity index is 2.65. The van der Waals surface area contributed by atoms with E-state index < -0.39 is 0 Å². The highest BCUT2D eigenvalue weighted by Crippen LogP contribution is 2.38. The molecule has 1 heterocycles. The lowest BCUT2D eigenvalue weighted by Gasteiger charge is -2.42. The van der Waals surface area contributed by atoms with Gasteiger partial charge in [-0.05, 0) is 24.2 Å². The van der Waals surface area contributed by atoms with Gasteiger partial charge in [0, 0.05) is 0 Å². The van der Waals surface area contributed by atoms with Crippen LogP contribution < -0.4 is 0 Å². The van der Waals surface area contributed by atoms with E-state index in [0.717, 1.165) is 24.4 Å². The maximum absolute atomic E-state index is 6.06. The van der Waals surface area contributed by atoms with E-state index in [4.69, 9.17) is 4.74 Å². The van der Waals surface area contributed by atoms with Gasteiger partial charge in [0.15, 0.2) is 0 Å². The van der Waals surface area contributed by atoms with Crippen LogP contribution in [0.3, 0.4) is 0 Å². The summed E-state index contributed by atoms with van der Waals surface area (Å²) in [5.74, 6) is 2.53. The van der Waals surface area contributed by atoms with E-state index in [1.165, 1.54) is 32.1 Å². The molecular weight excluding hydrogens is 184 g/mol. The molecule has 90 valence electrons. The van der Waals surface area contributed by atoms with E-state index in [1.807, 2.05) is 0 Å². The molecule has 0 saturated carbocycles. The Labute approximate surface area is 95.6 Å². The molecule has 0 aromatic rings. The Morgan fingerprint density at radius 2 is 1.60 bits per heavy atom. The standard InChI is InChI=1S/C14H28O/c1-5-9-14-13(8-4)12(7-3)11(6-2)10-15-14/h11-14H,5-10H2,1-4H3. The van der Waals surface area contributed by atoms with Crippen LogP contribution in [0.5, 0.6) is 0 Å². The fraction of sp³-hybridized carbons (Fsp3) is 1.00. The lowest BCUT2D eigenvalue weighted by molar-refractivity contribution is -0.0981. The van der Waals surface area contributed by atoms with Crippen molar-refractivity contribution in [2.24, 2.45) is 17.8 Å². The van der Waals surface area contributed by atoms with E-state index in [1.54, 1.807) is 0 Å². The summed E-state index contributed by atoms with van der Waals surface area (Å²) in [4.78, 5) is 0. The Kier molecular flexibility index (Phi) is 5.66. The molecule has 1 heteroatoms. The molecule has 1 nitrogen and oxygen atoms in total. The van der Waals surface area contributed by atoms with Crippen LogP contribution in [0.25, 0.3) is 0 Å². The van der Waals surface area contributed by atoms with Gasteiger partial charge >= 0.3 is 0 Å². The molecule has 0 aromatic heterocycles. The average molecular weight is 212 g/mol. The van der Waals surface area contributed by atoms with Crippen molar-refractivity contribution in [3.8, 4) is 0 Å². The molecule has 0 bridgehead atoms. The molecule has 1 fully saturated rings. The summed E-state index contributed by atoms with van der Waals surface area (Å²) in [6.45, 7) is 10.3. The fourth-order valence-electron chi connectivity index (χ4n) is 3.32. The molecule has 1 rings (SSSR count). The van der Waals surface area contributed by atoms with Gasteiger partial charge in [0.2, 0.25) is 0 Å². The number of rotatable bonds is 5. The second-order valence-corrected chi connectivity index (χ2v) is 4.97. The van der Waals surface area contributed by atoms with Gasteiger partial charge in [0.25, 0.3) is 0 Å². The third-order valence-corrected chi connectivity index (χ3v) is 4.20. The monoisotopic (exact) mass is 212 g/mol. The zero-order valence-corrected chi connectivity index (χ0v) is 11.0. The van der Waals surface area contributed by atoms with Crippen molar-refractivity contribution in [1.82, 2.24) is 0 Å². The van der Waals surface area contributed by atoms with Gasteiger partial charge in [-0.2, -0.15) is 0 Å². The van der Waals surface area contributed by atoms with E-state index in [9.17, 15) is 0 Å². The van der Waals surface area contributed by atoms with Crippen LogP contribution >= 0.6 is 0 Å². The van der Waals surface area contributed by atoms with E-state index >= 15 is 0 Å². The minimum absolute atomic E-state index is 0.549. The SMILES string of the molecule is CCCC1OCC(CC)C(CC)C1CC.